The fraction of sp³-hybridized carbons (Fsp3) is 0.714. The number of carbonyl (C=O) groups excluding carboxylic acids is 1. The van der Waals surface area contributed by atoms with Gasteiger partial charge in [0.25, 0.3) is 5.56 Å². The van der Waals surface area contributed by atoms with E-state index in [9.17, 15) is 9.59 Å². The third-order valence-electron chi connectivity index (χ3n) is 6.50. The minimum absolute atomic E-state index is 0.0113. The molecule has 33 heavy (non-hydrogen) atoms. The topological polar surface area (TPSA) is 146 Å². The first-order valence-corrected chi connectivity index (χ1v) is 14.1. The molecule has 2 aromatic rings. The predicted molar refractivity (Wildman–Crippen MR) is 127 cm³/mol. The van der Waals surface area contributed by atoms with Gasteiger partial charge in [-0.15, -0.1) is 0 Å². The highest BCUT2D eigenvalue weighted by molar-refractivity contribution is 6.74. The van der Waals surface area contributed by atoms with Gasteiger partial charge < -0.3 is 19.6 Å². The van der Waals surface area contributed by atoms with Crippen LogP contribution >= 0.6 is 0 Å². The van der Waals surface area contributed by atoms with Gasteiger partial charge in [-0.1, -0.05) is 34.6 Å². The molecule has 3 heterocycles. The van der Waals surface area contributed by atoms with Crippen molar-refractivity contribution in [2.75, 3.05) is 19.0 Å². The Morgan fingerprint density at radius 3 is 2.58 bits per heavy atom. The van der Waals surface area contributed by atoms with E-state index in [-0.39, 0.29) is 40.5 Å². The Labute approximate surface area is 194 Å². The first-order chi connectivity index (χ1) is 15.3. The molecule has 0 radical (unpaired) electrons. The van der Waals surface area contributed by atoms with Crippen LogP contribution in [0, 0.1) is 5.92 Å². The van der Waals surface area contributed by atoms with Crippen LogP contribution in [-0.2, 0) is 18.7 Å². The molecule has 1 amide bonds. The molecule has 0 unspecified atom stereocenters. The maximum atomic E-state index is 12.6. The summed E-state index contributed by atoms with van der Waals surface area (Å²) in [5, 5.41) is 2.61. The highest BCUT2D eigenvalue weighted by atomic mass is 28.4. The molecule has 11 nitrogen and oxygen atoms in total. The molecule has 4 atom stereocenters. The van der Waals surface area contributed by atoms with Crippen molar-refractivity contribution >= 4 is 31.3 Å². The van der Waals surface area contributed by atoms with Crippen LogP contribution in [0.2, 0.25) is 18.1 Å². The minimum atomic E-state index is -2.16. The molecule has 1 aliphatic rings. The lowest BCUT2D eigenvalue weighted by atomic mass is 10.1. The zero-order chi connectivity index (χ0) is 24.7. The Bertz CT molecular complexity index is 1060. The summed E-state index contributed by atoms with van der Waals surface area (Å²) in [7, 11) is -0.567. The van der Waals surface area contributed by atoms with Crippen LogP contribution < -0.4 is 16.6 Å². The number of aromatic amines is 1. The van der Waals surface area contributed by atoms with Crippen molar-refractivity contribution in [2.24, 2.45) is 11.7 Å². The molecule has 1 saturated heterocycles. The van der Waals surface area contributed by atoms with Gasteiger partial charge in [0, 0.05) is 19.6 Å². The minimum Gasteiger partial charge on any atom is -0.408 e. The molecule has 0 bridgehead atoms. The Balaban J connectivity index is 2.01. The standard InChI is InChI=1S/C21H36N6O5Si/c1-11(2)17(28)25-20-24-16-13(18(29)26-20)23-10-27(16)19-15(30-6)14(12(9-22)31-19)32-33(7,8)21(3,4)5/h10-12,14-15,19H,9,22H2,1-8H3,(H2,24,25,26,28,29)/t12-,14-,15-,19-/m1/s1. The van der Waals surface area contributed by atoms with Crippen molar-refractivity contribution in [3.05, 3.63) is 16.7 Å². The van der Waals surface area contributed by atoms with Gasteiger partial charge in [0.2, 0.25) is 11.9 Å². The number of H-pyrrole nitrogens is 1. The van der Waals surface area contributed by atoms with E-state index in [1.165, 1.54) is 6.33 Å². The van der Waals surface area contributed by atoms with Gasteiger partial charge in [-0.05, 0) is 18.1 Å². The SMILES string of the molecule is CO[C@@H]1[C@H](O[Si](C)(C)C(C)(C)C)[C@@H](CN)O[C@H]1n1cnc2c(=O)[nH]c(NC(=O)C(C)C)nc21. The van der Waals surface area contributed by atoms with E-state index in [0.717, 1.165) is 0 Å². The van der Waals surface area contributed by atoms with E-state index in [0.29, 0.717) is 0 Å². The van der Waals surface area contributed by atoms with Crippen molar-refractivity contribution in [2.45, 2.75) is 77.3 Å². The number of nitrogens with one attached hydrogen (secondary N) is 2. The molecular formula is C21H36N6O5Si. The highest BCUT2D eigenvalue weighted by Crippen LogP contribution is 2.42. The molecule has 2 aromatic heterocycles. The zero-order valence-electron chi connectivity index (χ0n) is 20.6. The first kappa shape index (κ1) is 25.5. The van der Waals surface area contributed by atoms with Gasteiger partial charge in [-0.25, -0.2) is 4.98 Å². The van der Waals surface area contributed by atoms with E-state index in [4.69, 9.17) is 19.6 Å². The average Bonchev–Trinajstić information content (AvgIpc) is 3.27. The van der Waals surface area contributed by atoms with E-state index in [1.807, 2.05) is 0 Å². The number of aromatic nitrogens is 4. The maximum Gasteiger partial charge on any atom is 0.280 e. The molecule has 0 aromatic carbocycles. The molecule has 0 aliphatic carbocycles. The second kappa shape index (κ2) is 9.26. The molecule has 184 valence electrons. The van der Waals surface area contributed by atoms with Gasteiger partial charge in [-0.2, -0.15) is 4.98 Å². The van der Waals surface area contributed by atoms with Gasteiger partial charge in [0.15, 0.2) is 25.7 Å². The highest BCUT2D eigenvalue weighted by Gasteiger charge is 2.51. The number of fused-ring (bicyclic) bond motifs is 1. The number of hydrogen-bond acceptors (Lipinski definition) is 8. The first-order valence-electron chi connectivity index (χ1n) is 11.1. The maximum absolute atomic E-state index is 12.6. The number of ether oxygens (including phenoxy) is 2. The molecule has 4 N–H and O–H groups in total. The Hall–Kier alpha value is -2.12. The monoisotopic (exact) mass is 480 g/mol. The van der Waals surface area contributed by atoms with Crippen LogP contribution in [-0.4, -0.2) is 65.7 Å². The van der Waals surface area contributed by atoms with Crippen LogP contribution in [0.3, 0.4) is 0 Å². The van der Waals surface area contributed by atoms with Crippen molar-refractivity contribution in [1.29, 1.82) is 0 Å². The van der Waals surface area contributed by atoms with Crippen LogP contribution in [0.4, 0.5) is 5.95 Å². The van der Waals surface area contributed by atoms with Crippen molar-refractivity contribution in [3.63, 3.8) is 0 Å². The average molecular weight is 481 g/mol. The van der Waals surface area contributed by atoms with Crippen molar-refractivity contribution in [1.82, 2.24) is 19.5 Å². The van der Waals surface area contributed by atoms with Gasteiger partial charge in [-0.3, -0.25) is 24.5 Å². The summed E-state index contributed by atoms with van der Waals surface area (Å²) in [5.74, 6) is -0.489. The number of nitrogens with two attached hydrogens (primary N) is 1. The Kier molecular flexibility index (Phi) is 7.15. The fourth-order valence-corrected chi connectivity index (χ4v) is 4.78. The number of imidazole rings is 1. The molecule has 3 rings (SSSR count). The van der Waals surface area contributed by atoms with Crippen LogP contribution in [0.15, 0.2) is 11.1 Å². The second-order valence-electron chi connectivity index (χ2n) is 10.2. The quantitative estimate of drug-likeness (QED) is 0.510. The summed E-state index contributed by atoms with van der Waals surface area (Å²) in [6.45, 7) is 14.6. The van der Waals surface area contributed by atoms with Crippen molar-refractivity contribution < 1.29 is 18.7 Å². The normalized spacial score (nSPS) is 24.1. The fourth-order valence-electron chi connectivity index (χ4n) is 3.46. The lowest BCUT2D eigenvalue weighted by molar-refractivity contribution is -0.118. The van der Waals surface area contributed by atoms with Gasteiger partial charge >= 0.3 is 0 Å². The molecule has 0 saturated carbocycles. The van der Waals surface area contributed by atoms with Crippen LogP contribution in [0.5, 0.6) is 0 Å². The molecular weight excluding hydrogens is 444 g/mol. The molecule has 1 fully saturated rings. The lowest BCUT2D eigenvalue weighted by Crippen LogP contribution is -2.50. The Morgan fingerprint density at radius 2 is 2.03 bits per heavy atom. The number of nitrogens with zero attached hydrogens (tertiary/aromatic N) is 3. The predicted octanol–water partition coefficient (Wildman–Crippen LogP) is 1.98. The number of amides is 1. The number of hydrogen-bond donors (Lipinski definition) is 3. The molecule has 12 heteroatoms. The Morgan fingerprint density at radius 1 is 1.36 bits per heavy atom. The third kappa shape index (κ3) is 4.89. The summed E-state index contributed by atoms with van der Waals surface area (Å²) in [6.07, 6.45) is -0.481. The van der Waals surface area contributed by atoms with E-state index >= 15 is 0 Å². The van der Waals surface area contributed by atoms with E-state index in [2.05, 4.69) is 54.1 Å². The van der Waals surface area contributed by atoms with E-state index in [1.54, 1.807) is 25.5 Å². The molecule has 0 spiro atoms. The van der Waals surface area contributed by atoms with Gasteiger partial charge in [0.1, 0.15) is 18.3 Å². The summed E-state index contributed by atoms with van der Waals surface area (Å²) in [4.78, 5) is 35.9. The summed E-state index contributed by atoms with van der Waals surface area (Å²) in [5.41, 5.74) is 5.98. The second-order valence-corrected chi connectivity index (χ2v) is 15.0. The van der Waals surface area contributed by atoms with Gasteiger partial charge in [0.05, 0.1) is 6.33 Å². The molecule has 1 aliphatic heterocycles. The van der Waals surface area contributed by atoms with E-state index < -0.39 is 38.4 Å². The zero-order valence-corrected chi connectivity index (χ0v) is 21.6. The number of methoxy groups -OCH3 is 1. The number of rotatable bonds is 7. The van der Waals surface area contributed by atoms with Crippen LogP contribution in [0.1, 0.15) is 40.8 Å². The summed E-state index contributed by atoms with van der Waals surface area (Å²) >= 11 is 0. The lowest BCUT2D eigenvalue weighted by Gasteiger charge is -2.40. The largest absolute Gasteiger partial charge is 0.408 e. The third-order valence-corrected chi connectivity index (χ3v) is 11.0. The number of anilines is 1. The van der Waals surface area contributed by atoms with Crippen LogP contribution in [0.25, 0.3) is 11.2 Å². The smallest absolute Gasteiger partial charge is 0.280 e. The number of carbonyl (C=O) groups is 1. The summed E-state index contributed by atoms with van der Waals surface area (Å²) in [6, 6.07) is 0. The van der Waals surface area contributed by atoms with Crippen molar-refractivity contribution in [3.8, 4) is 0 Å². The summed E-state index contributed by atoms with van der Waals surface area (Å²) < 4.78 is 20.4.